The Labute approximate surface area is 299 Å². The van der Waals surface area contributed by atoms with Crippen molar-refractivity contribution in [2.45, 2.75) is 24.6 Å². The van der Waals surface area contributed by atoms with E-state index in [1.54, 1.807) is 0 Å². The van der Waals surface area contributed by atoms with Crippen molar-refractivity contribution in [2.24, 2.45) is 0 Å². The highest BCUT2D eigenvalue weighted by molar-refractivity contribution is 5.93. The number of rotatable bonds is 9. The van der Waals surface area contributed by atoms with E-state index >= 15 is 0 Å². The first-order valence-corrected chi connectivity index (χ1v) is 14.8. The van der Waals surface area contributed by atoms with Gasteiger partial charge in [0, 0.05) is 0 Å². The minimum Gasteiger partial charge on any atom is -0.504 e. The number of aromatic hydroxyl groups is 12. The molecule has 0 amide bonds. The van der Waals surface area contributed by atoms with Crippen molar-refractivity contribution >= 4 is 23.9 Å². The Balaban J connectivity index is 1.54. The number of phenols is 12. The molecule has 1 aliphatic rings. The molecule has 4 unspecified atom stereocenters. The SMILES string of the molecule is O=C(OCC1OC(OC(=O)c2cc(O)c(O)c(O)c2)C(OC(=O)c2cc(O)c(O)c(O)c2)C1OC(=O)c1cc(O)c(O)c(O)c1)c1cc(O)c(O)c(O)c1. The van der Waals surface area contributed by atoms with Crippen molar-refractivity contribution in [3.05, 3.63) is 70.8 Å². The normalized spacial score (nSPS) is 17.7. The molecule has 0 bridgehead atoms. The lowest BCUT2D eigenvalue weighted by Gasteiger charge is -2.24. The summed E-state index contributed by atoms with van der Waals surface area (Å²) >= 11 is 0. The van der Waals surface area contributed by atoms with Crippen LogP contribution in [0.5, 0.6) is 69.0 Å². The van der Waals surface area contributed by atoms with Crippen LogP contribution < -0.4 is 0 Å². The number of carbonyl (C=O) groups excluding carboxylic acids is 4. The third-order valence-electron chi connectivity index (χ3n) is 7.58. The first-order chi connectivity index (χ1) is 25.4. The van der Waals surface area contributed by atoms with E-state index in [1.165, 1.54) is 0 Å². The number of carbonyl (C=O) groups is 4. The fraction of sp³-hybridized carbons (Fsp3) is 0.152. The summed E-state index contributed by atoms with van der Waals surface area (Å²) in [6, 6.07) is 5.29. The zero-order valence-corrected chi connectivity index (χ0v) is 26.7. The van der Waals surface area contributed by atoms with Gasteiger partial charge in [0.25, 0.3) is 0 Å². The Morgan fingerprint density at radius 3 is 1.04 bits per heavy atom. The summed E-state index contributed by atoms with van der Waals surface area (Å²) in [5.74, 6) is -17.5. The van der Waals surface area contributed by atoms with E-state index in [0.29, 0.717) is 48.5 Å². The van der Waals surface area contributed by atoms with Crippen LogP contribution in [0.3, 0.4) is 0 Å². The predicted octanol–water partition coefficient (Wildman–Crippen LogP) is 1.34. The Kier molecular flexibility index (Phi) is 10.1. The Bertz CT molecular complexity index is 2090. The molecule has 1 heterocycles. The van der Waals surface area contributed by atoms with Gasteiger partial charge in [-0.05, 0) is 48.5 Å². The summed E-state index contributed by atoms with van der Waals surface area (Å²) in [5, 5.41) is 118. The van der Waals surface area contributed by atoms with Gasteiger partial charge in [-0.25, -0.2) is 19.2 Å². The maximum atomic E-state index is 13.3. The van der Waals surface area contributed by atoms with E-state index in [2.05, 4.69) is 0 Å². The van der Waals surface area contributed by atoms with Crippen molar-refractivity contribution in [3.63, 3.8) is 0 Å². The molecule has 4 atom stereocenters. The standard InChI is InChI=1S/C33H26O21/c34-14-1-10(2-15(35)23(14)42)29(46)50-9-22-27(52-30(47)11-3-16(36)24(43)17(37)4-11)28(53-31(48)12-5-18(38)25(44)19(39)6-12)33(51-22)54-32(49)13-7-20(40)26(45)21(41)8-13/h1-8,22,27-28,33-45H,9H2. The van der Waals surface area contributed by atoms with E-state index in [1.807, 2.05) is 0 Å². The minimum atomic E-state index is -2.18. The summed E-state index contributed by atoms with van der Waals surface area (Å²) in [6.45, 7) is -0.991. The monoisotopic (exact) mass is 758 g/mol. The Morgan fingerprint density at radius 2 is 0.704 bits per heavy atom. The van der Waals surface area contributed by atoms with Gasteiger partial charge in [-0.3, -0.25) is 0 Å². The molecule has 1 aliphatic heterocycles. The Morgan fingerprint density at radius 1 is 0.426 bits per heavy atom. The minimum absolute atomic E-state index is 0.533. The summed E-state index contributed by atoms with van der Waals surface area (Å²) < 4.78 is 27.0. The molecule has 5 rings (SSSR count). The lowest BCUT2D eigenvalue weighted by atomic mass is 10.1. The van der Waals surface area contributed by atoms with Gasteiger partial charge in [0.2, 0.25) is 12.4 Å². The molecular weight excluding hydrogens is 732 g/mol. The molecular formula is C33H26O21. The molecule has 0 aromatic heterocycles. The number of phenolic OH excluding ortho intramolecular Hbond substituents is 12. The molecule has 21 nitrogen and oxygen atoms in total. The van der Waals surface area contributed by atoms with E-state index in [4.69, 9.17) is 23.7 Å². The van der Waals surface area contributed by atoms with Crippen molar-refractivity contribution < 1.29 is 104 Å². The first kappa shape index (κ1) is 37.6. The fourth-order valence-electron chi connectivity index (χ4n) is 4.87. The number of ether oxygens (including phenoxy) is 5. The van der Waals surface area contributed by atoms with Gasteiger partial charge >= 0.3 is 23.9 Å². The number of benzene rings is 4. The molecule has 1 saturated heterocycles. The van der Waals surface area contributed by atoms with Gasteiger partial charge in [0.05, 0.1) is 22.3 Å². The van der Waals surface area contributed by atoms with Gasteiger partial charge in [-0.15, -0.1) is 0 Å². The molecule has 0 radical (unpaired) electrons. The van der Waals surface area contributed by atoms with Crippen molar-refractivity contribution in [2.75, 3.05) is 6.61 Å². The highest BCUT2D eigenvalue weighted by Crippen LogP contribution is 2.40. The molecule has 21 heteroatoms. The second-order valence-corrected chi connectivity index (χ2v) is 11.2. The van der Waals surface area contributed by atoms with Gasteiger partial charge < -0.3 is 85.0 Å². The zero-order valence-electron chi connectivity index (χ0n) is 26.7. The maximum Gasteiger partial charge on any atom is 0.340 e. The second-order valence-electron chi connectivity index (χ2n) is 11.2. The molecule has 54 heavy (non-hydrogen) atoms. The van der Waals surface area contributed by atoms with Crippen molar-refractivity contribution in [3.8, 4) is 69.0 Å². The number of hydrogen-bond acceptors (Lipinski definition) is 21. The Hall–Kier alpha value is -7.68. The average Bonchev–Trinajstić information content (AvgIpc) is 3.42. The molecule has 1 fully saturated rings. The largest absolute Gasteiger partial charge is 0.504 e. The van der Waals surface area contributed by atoms with Gasteiger partial charge in [0.1, 0.15) is 12.7 Å². The summed E-state index contributed by atoms with van der Waals surface area (Å²) in [5.41, 5.74) is -2.45. The van der Waals surface area contributed by atoms with E-state index in [0.717, 1.165) is 0 Å². The molecule has 12 N–H and O–H groups in total. The fourth-order valence-corrected chi connectivity index (χ4v) is 4.87. The lowest BCUT2D eigenvalue weighted by molar-refractivity contribution is -0.141. The van der Waals surface area contributed by atoms with Crippen LogP contribution >= 0.6 is 0 Å². The molecule has 284 valence electrons. The van der Waals surface area contributed by atoms with Crippen LogP contribution in [-0.4, -0.2) is 116 Å². The average molecular weight is 759 g/mol. The van der Waals surface area contributed by atoms with Crippen molar-refractivity contribution in [1.82, 2.24) is 0 Å². The van der Waals surface area contributed by atoms with E-state index < -0.39 is 146 Å². The topological polar surface area (TPSA) is 357 Å². The summed E-state index contributed by atoms with van der Waals surface area (Å²) in [4.78, 5) is 52.7. The third kappa shape index (κ3) is 7.50. The van der Waals surface area contributed by atoms with Crippen LogP contribution in [0.25, 0.3) is 0 Å². The van der Waals surface area contributed by atoms with Crippen LogP contribution in [0.1, 0.15) is 41.4 Å². The third-order valence-corrected chi connectivity index (χ3v) is 7.58. The maximum absolute atomic E-state index is 13.3. The van der Waals surface area contributed by atoms with Crippen LogP contribution in [0, 0.1) is 0 Å². The summed E-state index contributed by atoms with van der Waals surface area (Å²) in [7, 11) is 0. The van der Waals surface area contributed by atoms with Gasteiger partial charge in [0.15, 0.2) is 75.1 Å². The molecule has 4 aromatic carbocycles. The van der Waals surface area contributed by atoms with E-state index in [9.17, 15) is 80.5 Å². The number of esters is 4. The van der Waals surface area contributed by atoms with E-state index in [-0.39, 0.29) is 0 Å². The first-order valence-electron chi connectivity index (χ1n) is 14.8. The van der Waals surface area contributed by atoms with Crippen LogP contribution in [0.15, 0.2) is 48.5 Å². The zero-order chi connectivity index (χ0) is 39.8. The quantitative estimate of drug-likeness (QED) is 0.0650. The molecule has 0 aliphatic carbocycles. The predicted molar refractivity (Wildman–Crippen MR) is 169 cm³/mol. The molecule has 0 spiro atoms. The van der Waals surface area contributed by atoms with Gasteiger partial charge in [-0.2, -0.15) is 0 Å². The number of hydrogen-bond donors (Lipinski definition) is 12. The second kappa shape index (κ2) is 14.5. The smallest absolute Gasteiger partial charge is 0.340 e. The lowest BCUT2D eigenvalue weighted by Crippen LogP contribution is -2.42. The highest BCUT2D eigenvalue weighted by atomic mass is 16.8. The van der Waals surface area contributed by atoms with Gasteiger partial charge in [-0.1, -0.05) is 0 Å². The van der Waals surface area contributed by atoms with Crippen LogP contribution in [0.2, 0.25) is 0 Å². The highest BCUT2D eigenvalue weighted by Gasteiger charge is 2.53. The molecule has 0 saturated carbocycles. The summed E-state index contributed by atoms with van der Waals surface area (Å²) in [6.07, 6.45) is -8.13. The van der Waals surface area contributed by atoms with Crippen LogP contribution in [0.4, 0.5) is 0 Å². The van der Waals surface area contributed by atoms with Crippen molar-refractivity contribution in [1.29, 1.82) is 0 Å². The molecule has 4 aromatic rings. The van der Waals surface area contributed by atoms with Crippen LogP contribution in [-0.2, 0) is 23.7 Å².